The van der Waals surface area contributed by atoms with Gasteiger partial charge >= 0.3 is 11.9 Å². The van der Waals surface area contributed by atoms with E-state index >= 15 is 0 Å². The van der Waals surface area contributed by atoms with E-state index in [2.05, 4.69) is 0 Å². The Labute approximate surface area is 101 Å². The summed E-state index contributed by atoms with van der Waals surface area (Å²) in [7, 11) is 0. The first-order chi connectivity index (χ1) is 8.00. The summed E-state index contributed by atoms with van der Waals surface area (Å²) in [5.74, 6) is -3.91. The highest BCUT2D eigenvalue weighted by Crippen LogP contribution is 2.25. The number of Topliss-reactive ketones (excluding diaryl/α,β-unsaturated/α-hetero) is 1. The minimum atomic E-state index is -1.61. The topological polar surface area (TPSA) is 91.7 Å². The number of hydrogen-bond acceptors (Lipinski definition) is 4. The number of carboxylic acids is 2. The molecule has 0 bridgehead atoms. The molecule has 6 heteroatoms. The Kier molecular flexibility index (Phi) is 4.71. The molecule has 0 aliphatic heterocycles. The second-order valence-electron chi connectivity index (χ2n) is 3.19. The van der Waals surface area contributed by atoms with Crippen molar-refractivity contribution in [3.63, 3.8) is 0 Å². The molecule has 1 rings (SSSR count). The Morgan fingerprint density at radius 1 is 1.12 bits per heavy atom. The fourth-order valence-corrected chi connectivity index (χ4v) is 2.22. The lowest BCUT2D eigenvalue weighted by molar-refractivity contribution is -0.149. The molecule has 0 saturated heterocycles. The van der Waals surface area contributed by atoms with Crippen LogP contribution in [0.3, 0.4) is 0 Å². The number of hydrogen-bond donors (Lipinski definition) is 2. The zero-order valence-electron chi connectivity index (χ0n) is 8.70. The van der Waals surface area contributed by atoms with Crippen molar-refractivity contribution in [2.45, 2.75) is 16.6 Å². The van der Waals surface area contributed by atoms with E-state index in [0.29, 0.717) is 4.90 Å². The maximum Gasteiger partial charge on any atom is 0.373 e. The van der Waals surface area contributed by atoms with Crippen LogP contribution in [0.15, 0.2) is 35.2 Å². The molecule has 0 aliphatic rings. The maximum atomic E-state index is 11.3. The van der Waals surface area contributed by atoms with Crippen LogP contribution in [0, 0.1) is 0 Å². The Hall–Kier alpha value is -1.82. The fourth-order valence-electron chi connectivity index (χ4n) is 1.15. The number of carbonyl (C=O) groups excluding carboxylic acids is 1. The van der Waals surface area contributed by atoms with Crippen molar-refractivity contribution in [2.75, 3.05) is 0 Å². The summed E-state index contributed by atoms with van der Waals surface area (Å²) in [5.41, 5.74) is 0. The molecule has 90 valence electrons. The predicted molar refractivity (Wildman–Crippen MR) is 61.0 cm³/mol. The third-order valence-corrected chi connectivity index (χ3v) is 3.09. The Morgan fingerprint density at radius 2 is 1.71 bits per heavy atom. The van der Waals surface area contributed by atoms with Gasteiger partial charge in [0.25, 0.3) is 5.78 Å². The summed E-state index contributed by atoms with van der Waals surface area (Å²) in [6.07, 6.45) is -0.509. The monoisotopic (exact) mass is 254 g/mol. The minimum Gasteiger partial charge on any atom is -0.481 e. The first kappa shape index (κ1) is 13.2. The number of carbonyl (C=O) groups is 3. The van der Waals surface area contributed by atoms with Crippen molar-refractivity contribution in [1.82, 2.24) is 0 Å². The standard InChI is InChI=1S/C11H10O5S/c12-9(13)6-8(10(14)11(15)16)17-7-4-2-1-3-5-7/h1-5,8H,6H2,(H,12,13)(H,15,16). The molecule has 0 saturated carbocycles. The third-order valence-electron chi connectivity index (χ3n) is 1.88. The molecule has 1 aromatic rings. The summed E-state index contributed by atoms with van der Waals surface area (Å²) < 4.78 is 0. The van der Waals surface area contributed by atoms with Crippen molar-refractivity contribution in [3.05, 3.63) is 30.3 Å². The highest BCUT2D eigenvalue weighted by Gasteiger charge is 2.28. The zero-order chi connectivity index (χ0) is 12.8. The molecule has 0 radical (unpaired) electrons. The summed E-state index contributed by atoms with van der Waals surface area (Å²) in [5, 5.41) is 16.1. The highest BCUT2D eigenvalue weighted by atomic mass is 32.2. The van der Waals surface area contributed by atoms with Gasteiger partial charge in [0.2, 0.25) is 0 Å². The smallest absolute Gasteiger partial charge is 0.373 e. The summed E-state index contributed by atoms with van der Waals surface area (Å²) >= 11 is 0.942. The van der Waals surface area contributed by atoms with Crippen LogP contribution in [-0.2, 0) is 14.4 Å². The average Bonchev–Trinajstić information content (AvgIpc) is 2.28. The van der Waals surface area contributed by atoms with Crippen molar-refractivity contribution >= 4 is 29.5 Å². The van der Waals surface area contributed by atoms with Gasteiger partial charge in [-0.2, -0.15) is 0 Å². The van der Waals surface area contributed by atoms with Crippen LogP contribution < -0.4 is 0 Å². The normalized spacial score (nSPS) is 11.8. The molecule has 0 aliphatic carbocycles. The molecule has 0 spiro atoms. The molecule has 2 N–H and O–H groups in total. The second kappa shape index (κ2) is 6.05. The lowest BCUT2D eigenvalue weighted by atomic mass is 10.2. The highest BCUT2D eigenvalue weighted by molar-refractivity contribution is 8.00. The van der Waals surface area contributed by atoms with E-state index in [1.54, 1.807) is 30.3 Å². The number of ketones is 1. The Balaban J connectivity index is 2.81. The van der Waals surface area contributed by atoms with Crippen molar-refractivity contribution in [2.24, 2.45) is 0 Å². The van der Waals surface area contributed by atoms with E-state index in [1.807, 2.05) is 0 Å². The van der Waals surface area contributed by atoms with E-state index in [4.69, 9.17) is 10.2 Å². The number of aliphatic carboxylic acids is 2. The molecule has 5 nitrogen and oxygen atoms in total. The first-order valence-corrected chi connectivity index (χ1v) is 5.59. The Morgan fingerprint density at radius 3 is 2.18 bits per heavy atom. The molecule has 17 heavy (non-hydrogen) atoms. The van der Waals surface area contributed by atoms with Crippen LogP contribution in [0.4, 0.5) is 0 Å². The minimum absolute atomic E-state index is 0.509. The number of thioether (sulfide) groups is 1. The van der Waals surface area contributed by atoms with Gasteiger partial charge in [0.1, 0.15) is 0 Å². The molecule has 0 fully saturated rings. The first-order valence-electron chi connectivity index (χ1n) is 4.71. The number of rotatable bonds is 6. The van der Waals surface area contributed by atoms with E-state index in [9.17, 15) is 14.4 Å². The summed E-state index contributed by atoms with van der Waals surface area (Å²) in [6.45, 7) is 0. The SMILES string of the molecule is O=C(O)CC(Sc1ccccc1)C(=O)C(=O)O. The van der Waals surface area contributed by atoms with Crippen LogP contribution in [-0.4, -0.2) is 33.2 Å². The van der Waals surface area contributed by atoms with Crippen LogP contribution in [0.1, 0.15) is 6.42 Å². The van der Waals surface area contributed by atoms with Crippen LogP contribution >= 0.6 is 11.8 Å². The van der Waals surface area contributed by atoms with E-state index in [1.165, 1.54) is 0 Å². The van der Waals surface area contributed by atoms with Gasteiger partial charge in [-0.1, -0.05) is 18.2 Å². The quantitative estimate of drug-likeness (QED) is 0.587. The van der Waals surface area contributed by atoms with E-state index in [0.717, 1.165) is 11.8 Å². The van der Waals surface area contributed by atoms with Crippen LogP contribution in [0.25, 0.3) is 0 Å². The molecule has 0 aromatic heterocycles. The lowest BCUT2D eigenvalue weighted by Gasteiger charge is -2.10. The van der Waals surface area contributed by atoms with Crippen molar-refractivity contribution in [3.8, 4) is 0 Å². The largest absolute Gasteiger partial charge is 0.481 e. The van der Waals surface area contributed by atoms with Gasteiger partial charge in [-0.05, 0) is 12.1 Å². The fraction of sp³-hybridized carbons (Fsp3) is 0.182. The molecule has 0 heterocycles. The average molecular weight is 254 g/mol. The second-order valence-corrected chi connectivity index (χ2v) is 4.46. The van der Waals surface area contributed by atoms with Crippen molar-refractivity contribution in [1.29, 1.82) is 0 Å². The van der Waals surface area contributed by atoms with Crippen molar-refractivity contribution < 1.29 is 24.6 Å². The number of carboxylic acid groups (broad SMARTS) is 2. The van der Waals surface area contributed by atoms with E-state index in [-0.39, 0.29) is 0 Å². The van der Waals surface area contributed by atoms with Gasteiger partial charge in [0.05, 0.1) is 11.7 Å². The molecular weight excluding hydrogens is 244 g/mol. The lowest BCUT2D eigenvalue weighted by Crippen LogP contribution is -2.27. The molecule has 1 atom stereocenters. The van der Waals surface area contributed by atoms with Gasteiger partial charge in [0, 0.05) is 4.90 Å². The van der Waals surface area contributed by atoms with Gasteiger partial charge in [0.15, 0.2) is 0 Å². The van der Waals surface area contributed by atoms with Crippen LogP contribution in [0.5, 0.6) is 0 Å². The molecule has 1 unspecified atom stereocenters. The van der Waals surface area contributed by atoms with E-state index < -0.39 is 29.4 Å². The summed E-state index contributed by atoms with van der Waals surface area (Å²) in [4.78, 5) is 33.1. The number of benzene rings is 1. The van der Waals surface area contributed by atoms with Gasteiger partial charge in [-0.3, -0.25) is 9.59 Å². The third kappa shape index (κ3) is 4.28. The Bertz CT molecular complexity index is 429. The maximum absolute atomic E-state index is 11.3. The summed E-state index contributed by atoms with van der Waals surface area (Å²) in [6, 6.07) is 8.61. The molecule has 0 amide bonds. The van der Waals surface area contributed by atoms with Gasteiger partial charge < -0.3 is 10.2 Å². The molecular formula is C11H10O5S. The van der Waals surface area contributed by atoms with Crippen LogP contribution in [0.2, 0.25) is 0 Å². The van der Waals surface area contributed by atoms with Gasteiger partial charge in [-0.15, -0.1) is 11.8 Å². The predicted octanol–water partition coefficient (Wildman–Crippen LogP) is 1.28. The van der Waals surface area contributed by atoms with Gasteiger partial charge in [-0.25, -0.2) is 4.79 Å². The molecule has 1 aromatic carbocycles. The zero-order valence-corrected chi connectivity index (χ0v) is 9.52.